The minimum absolute atomic E-state index is 0.0935. The van der Waals surface area contributed by atoms with Crippen LogP contribution in [0.2, 0.25) is 0 Å². The van der Waals surface area contributed by atoms with Crippen LogP contribution in [0.1, 0.15) is 30.9 Å². The quantitative estimate of drug-likeness (QED) is 0.448. The molecule has 0 aliphatic carbocycles. The number of hydrogen-bond donors (Lipinski definition) is 0. The fourth-order valence-corrected chi connectivity index (χ4v) is 4.73. The number of anilines is 1. The number of para-hydroxylation sites is 2. The van der Waals surface area contributed by atoms with Gasteiger partial charge in [-0.05, 0) is 54.7 Å². The normalized spacial score (nSPS) is 17.6. The van der Waals surface area contributed by atoms with E-state index in [1.54, 1.807) is 16.7 Å². The van der Waals surface area contributed by atoms with Crippen LogP contribution in [0.3, 0.4) is 0 Å². The first-order valence-corrected chi connectivity index (χ1v) is 11.4. The van der Waals surface area contributed by atoms with Crippen molar-refractivity contribution in [3.63, 3.8) is 0 Å². The summed E-state index contributed by atoms with van der Waals surface area (Å²) >= 11 is 1.56. The van der Waals surface area contributed by atoms with E-state index in [2.05, 4.69) is 31.2 Å². The maximum absolute atomic E-state index is 13.3. The van der Waals surface area contributed by atoms with E-state index in [0.717, 1.165) is 23.0 Å². The molecule has 1 aliphatic heterocycles. The lowest BCUT2D eigenvalue weighted by Crippen LogP contribution is -2.32. The Morgan fingerprint density at radius 1 is 0.867 bits per heavy atom. The predicted octanol–water partition coefficient (Wildman–Crippen LogP) is 6.41. The molecule has 4 heteroatoms. The highest BCUT2D eigenvalue weighted by Gasteiger charge is 2.38. The molecule has 0 N–H and O–H groups in total. The van der Waals surface area contributed by atoms with Crippen LogP contribution in [0, 0.1) is 0 Å². The SMILES string of the molecule is CCCCc1ccc(CC2SC(=Nc3ccccc3)N(c3ccccc3)C2=O)cc1. The Kier molecular flexibility index (Phi) is 6.65. The number of amides is 1. The van der Waals surface area contributed by atoms with Gasteiger partial charge in [0.25, 0.3) is 0 Å². The van der Waals surface area contributed by atoms with Gasteiger partial charge in [-0.2, -0.15) is 0 Å². The second kappa shape index (κ2) is 9.77. The molecule has 3 nitrogen and oxygen atoms in total. The Bertz CT molecular complexity index is 1000. The minimum Gasteiger partial charge on any atom is -0.273 e. The highest BCUT2D eigenvalue weighted by molar-refractivity contribution is 8.16. The van der Waals surface area contributed by atoms with Crippen molar-refractivity contribution in [3.05, 3.63) is 96.1 Å². The van der Waals surface area contributed by atoms with Gasteiger partial charge in [-0.1, -0.05) is 85.8 Å². The molecule has 1 saturated heterocycles. The van der Waals surface area contributed by atoms with Crippen molar-refractivity contribution in [2.45, 2.75) is 37.9 Å². The highest BCUT2D eigenvalue weighted by atomic mass is 32.2. The summed E-state index contributed by atoms with van der Waals surface area (Å²) < 4.78 is 0. The Morgan fingerprint density at radius 2 is 1.50 bits per heavy atom. The van der Waals surface area contributed by atoms with Gasteiger partial charge in [-0.15, -0.1) is 0 Å². The van der Waals surface area contributed by atoms with Gasteiger partial charge in [0.2, 0.25) is 5.91 Å². The maximum Gasteiger partial charge on any atom is 0.247 e. The van der Waals surface area contributed by atoms with Gasteiger partial charge in [0.05, 0.1) is 16.6 Å². The number of carbonyl (C=O) groups excluding carboxylic acids is 1. The Labute approximate surface area is 182 Å². The number of rotatable bonds is 7. The first kappa shape index (κ1) is 20.4. The number of nitrogens with zero attached hydrogens (tertiary/aromatic N) is 2. The Hall–Kier alpha value is -2.85. The van der Waals surface area contributed by atoms with Gasteiger partial charge in [0.15, 0.2) is 5.17 Å². The summed E-state index contributed by atoms with van der Waals surface area (Å²) in [5.74, 6) is 0.0935. The molecule has 1 amide bonds. The van der Waals surface area contributed by atoms with E-state index in [-0.39, 0.29) is 11.2 Å². The Morgan fingerprint density at radius 3 is 2.17 bits per heavy atom. The second-order valence-electron chi connectivity index (χ2n) is 7.47. The first-order valence-electron chi connectivity index (χ1n) is 10.5. The largest absolute Gasteiger partial charge is 0.273 e. The van der Waals surface area contributed by atoms with Gasteiger partial charge in [0, 0.05) is 0 Å². The molecule has 0 bridgehead atoms. The van der Waals surface area contributed by atoms with Crippen molar-refractivity contribution in [2.24, 2.45) is 4.99 Å². The first-order chi connectivity index (χ1) is 14.7. The molecular weight excluding hydrogens is 388 g/mol. The third-order valence-electron chi connectivity index (χ3n) is 5.19. The van der Waals surface area contributed by atoms with Crippen LogP contribution in [-0.2, 0) is 17.6 Å². The van der Waals surface area contributed by atoms with Crippen molar-refractivity contribution in [2.75, 3.05) is 4.90 Å². The Balaban J connectivity index is 1.57. The number of unbranched alkanes of at least 4 members (excludes halogenated alkanes) is 1. The molecule has 0 spiro atoms. The van der Waals surface area contributed by atoms with Crippen LogP contribution in [0.5, 0.6) is 0 Å². The molecular formula is C26H26N2OS. The monoisotopic (exact) mass is 414 g/mol. The summed E-state index contributed by atoms with van der Waals surface area (Å²) in [4.78, 5) is 19.9. The predicted molar refractivity (Wildman–Crippen MR) is 128 cm³/mol. The molecule has 152 valence electrons. The zero-order valence-electron chi connectivity index (χ0n) is 17.2. The number of thioether (sulfide) groups is 1. The standard InChI is InChI=1S/C26H26N2OS/c1-2-3-10-20-15-17-21(18-16-20)19-24-25(29)28(23-13-8-5-9-14-23)26(30-24)27-22-11-6-4-7-12-22/h4-9,11-18,24H,2-3,10,19H2,1H3. The fourth-order valence-electron chi connectivity index (χ4n) is 3.54. The molecule has 0 saturated carbocycles. The van der Waals surface area contributed by atoms with E-state index in [1.165, 1.54) is 24.0 Å². The topological polar surface area (TPSA) is 32.7 Å². The molecule has 1 unspecified atom stereocenters. The summed E-state index contributed by atoms with van der Waals surface area (Å²) in [6.07, 6.45) is 4.23. The van der Waals surface area contributed by atoms with Crippen molar-refractivity contribution in [1.29, 1.82) is 0 Å². The minimum atomic E-state index is -0.172. The summed E-state index contributed by atoms with van der Waals surface area (Å²) in [5.41, 5.74) is 4.27. The molecule has 1 fully saturated rings. The number of aryl methyl sites for hydroxylation is 1. The number of amidine groups is 1. The molecule has 3 aromatic carbocycles. The van der Waals surface area contributed by atoms with Crippen LogP contribution >= 0.6 is 11.8 Å². The zero-order chi connectivity index (χ0) is 20.8. The highest BCUT2D eigenvalue weighted by Crippen LogP contribution is 2.35. The van der Waals surface area contributed by atoms with Crippen LogP contribution in [0.15, 0.2) is 89.9 Å². The van der Waals surface area contributed by atoms with E-state index in [9.17, 15) is 4.79 Å². The number of hydrogen-bond acceptors (Lipinski definition) is 3. The van der Waals surface area contributed by atoms with Crippen LogP contribution in [0.4, 0.5) is 11.4 Å². The van der Waals surface area contributed by atoms with Crippen molar-refractivity contribution in [1.82, 2.24) is 0 Å². The zero-order valence-corrected chi connectivity index (χ0v) is 18.0. The summed E-state index contributed by atoms with van der Waals surface area (Å²) in [6, 6.07) is 28.3. The fraction of sp³-hybridized carbons (Fsp3) is 0.231. The number of benzene rings is 3. The van der Waals surface area contributed by atoms with Crippen molar-refractivity contribution < 1.29 is 4.79 Å². The van der Waals surface area contributed by atoms with E-state index in [4.69, 9.17) is 4.99 Å². The summed E-state index contributed by atoms with van der Waals surface area (Å²) in [7, 11) is 0. The molecule has 4 rings (SSSR count). The number of carbonyl (C=O) groups is 1. The lowest BCUT2D eigenvalue weighted by molar-refractivity contribution is -0.116. The molecule has 0 aromatic heterocycles. The van der Waals surface area contributed by atoms with Crippen molar-refractivity contribution in [3.8, 4) is 0 Å². The van der Waals surface area contributed by atoms with Crippen LogP contribution in [-0.4, -0.2) is 16.3 Å². The molecule has 1 aliphatic rings. The van der Waals surface area contributed by atoms with Crippen molar-refractivity contribution >= 4 is 34.2 Å². The average molecular weight is 415 g/mol. The van der Waals surface area contributed by atoms with Crippen LogP contribution < -0.4 is 4.90 Å². The van der Waals surface area contributed by atoms with Gasteiger partial charge < -0.3 is 0 Å². The van der Waals surface area contributed by atoms with E-state index in [1.807, 2.05) is 60.7 Å². The van der Waals surface area contributed by atoms with E-state index < -0.39 is 0 Å². The third kappa shape index (κ3) is 4.82. The molecule has 1 atom stereocenters. The molecule has 1 heterocycles. The van der Waals surface area contributed by atoms with E-state index in [0.29, 0.717) is 6.42 Å². The van der Waals surface area contributed by atoms with E-state index >= 15 is 0 Å². The molecule has 3 aromatic rings. The van der Waals surface area contributed by atoms with Gasteiger partial charge in [0.1, 0.15) is 0 Å². The van der Waals surface area contributed by atoms with Gasteiger partial charge in [-0.25, -0.2) is 4.99 Å². The molecule has 0 radical (unpaired) electrons. The van der Waals surface area contributed by atoms with Gasteiger partial charge >= 0.3 is 0 Å². The smallest absolute Gasteiger partial charge is 0.247 e. The average Bonchev–Trinajstić information content (AvgIpc) is 3.09. The second-order valence-corrected chi connectivity index (χ2v) is 8.64. The summed E-state index contributed by atoms with van der Waals surface area (Å²) in [5, 5.41) is 0.566. The lowest BCUT2D eigenvalue weighted by atomic mass is 10.0. The lowest BCUT2D eigenvalue weighted by Gasteiger charge is -2.16. The van der Waals surface area contributed by atoms with Crippen LogP contribution in [0.25, 0.3) is 0 Å². The number of aliphatic imine (C=N–C) groups is 1. The molecule has 30 heavy (non-hydrogen) atoms. The maximum atomic E-state index is 13.3. The summed E-state index contributed by atoms with van der Waals surface area (Å²) in [6.45, 7) is 2.21. The van der Waals surface area contributed by atoms with Gasteiger partial charge in [-0.3, -0.25) is 9.69 Å². The third-order valence-corrected chi connectivity index (χ3v) is 6.33.